The number of hydrogen-bond acceptors (Lipinski definition) is 4. The summed E-state index contributed by atoms with van der Waals surface area (Å²) < 4.78 is 2.33. The van der Waals surface area contributed by atoms with Gasteiger partial charge in [-0.05, 0) is 25.0 Å². The molecule has 0 radical (unpaired) electrons. The molecule has 28 heavy (non-hydrogen) atoms. The van der Waals surface area contributed by atoms with Crippen molar-refractivity contribution in [2.24, 2.45) is 14.1 Å². The Balaban J connectivity index is 2.01. The lowest BCUT2D eigenvalue weighted by Crippen LogP contribution is -2.37. The van der Waals surface area contributed by atoms with Gasteiger partial charge in [-0.2, -0.15) is 0 Å². The normalized spacial score (nSPS) is 11.0. The van der Waals surface area contributed by atoms with Crippen LogP contribution in [-0.4, -0.2) is 31.5 Å². The molecule has 0 spiro atoms. The van der Waals surface area contributed by atoms with E-state index in [1.807, 2.05) is 38.1 Å². The maximum Gasteiger partial charge on any atom is 0.332 e. The van der Waals surface area contributed by atoms with E-state index in [1.165, 1.54) is 23.9 Å². The number of pyridine rings is 1. The second-order valence-corrected chi connectivity index (χ2v) is 7.01. The third kappa shape index (κ3) is 3.60. The largest absolute Gasteiger partial charge is 0.334 e. The first kappa shape index (κ1) is 19.5. The number of benzene rings is 1. The molecule has 1 aromatic carbocycles. The van der Waals surface area contributed by atoms with Crippen LogP contribution in [0.1, 0.15) is 34.8 Å². The summed E-state index contributed by atoms with van der Waals surface area (Å²) >= 11 is 0. The smallest absolute Gasteiger partial charge is 0.332 e. The number of aromatic nitrogens is 3. The minimum Gasteiger partial charge on any atom is -0.334 e. The molecule has 0 aliphatic heterocycles. The number of carbonyl (C=O) groups is 1. The van der Waals surface area contributed by atoms with Crippen molar-refractivity contribution in [3.8, 4) is 0 Å². The van der Waals surface area contributed by atoms with E-state index >= 15 is 0 Å². The number of rotatable bonds is 5. The summed E-state index contributed by atoms with van der Waals surface area (Å²) in [6.45, 7) is 5.11. The van der Waals surface area contributed by atoms with Gasteiger partial charge < -0.3 is 4.90 Å². The molecule has 3 rings (SSSR count). The van der Waals surface area contributed by atoms with Crippen LogP contribution < -0.4 is 11.2 Å². The fourth-order valence-electron chi connectivity index (χ4n) is 3.20. The highest BCUT2D eigenvalue weighted by Crippen LogP contribution is 2.14. The Morgan fingerprint density at radius 2 is 1.79 bits per heavy atom. The van der Waals surface area contributed by atoms with Crippen molar-refractivity contribution in [2.75, 3.05) is 6.54 Å². The van der Waals surface area contributed by atoms with E-state index in [1.54, 1.807) is 11.9 Å². The van der Waals surface area contributed by atoms with Gasteiger partial charge >= 0.3 is 5.69 Å². The number of fused-ring (bicyclic) bond motifs is 1. The van der Waals surface area contributed by atoms with Crippen LogP contribution in [0.3, 0.4) is 0 Å². The average molecular weight is 380 g/mol. The Bertz CT molecular complexity index is 1140. The molecule has 7 heteroatoms. The molecule has 0 atom stereocenters. The van der Waals surface area contributed by atoms with Crippen molar-refractivity contribution in [2.45, 2.75) is 26.8 Å². The van der Waals surface area contributed by atoms with E-state index in [9.17, 15) is 14.4 Å². The quantitative estimate of drug-likeness (QED) is 0.678. The molecule has 0 saturated carbocycles. The van der Waals surface area contributed by atoms with Crippen LogP contribution in [0.5, 0.6) is 0 Å². The fraction of sp³-hybridized carbons (Fsp3) is 0.333. The van der Waals surface area contributed by atoms with Crippen molar-refractivity contribution in [1.82, 2.24) is 19.0 Å². The van der Waals surface area contributed by atoms with Gasteiger partial charge in [-0.25, -0.2) is 9.78 Å². The van der Waals surface area contributed by atoms with Crippen molar-refractivity contribution in [3.05, 3.63) is 74.1 Å². The molecule has 2 aromatic heterocycles. The minimum absolute atomic E-state index is 0.187. The van der Waals surface area contributed by atoms with E-state index in [0.29, 0.717) is 18.7 Å². The lowest BCUT2D eigenvalue weighted by molar-refractivity contribution is 0.0743. The number of nitrogens with zero attached hydrogens (tertiary/aromatic N) is 4. The predicted molar refractivity (Wildman–Crippen MR) is 108 cm³/mol. The SMILES string of the molecule is CCCN(Cc1ccc(C)cc1)C(=O)c1cnc2c(c1)c(=O)n(C)c(=O)n2C. The molecule has 0 N–H and O–H groups in total. The Hall–Kier alpha value is -3.22. The number of hydrogen-bond donors (Lipinski definition) is 0. The van der Waals surface area contributed by atoms with Gasteiger partial charge in [0, 0.05) is 33.4 Å². The van der Waals surface area contributed by atoms with Crippen LogP contribution in [-0.2, 0) is 20.6 Å². The first-order valence-corrected chi connectivity index (χ1v) is 9.24. The summed E-state index contributed by atoms with van der Waals surface area (Å²) in [5, 5.41) is 0.252. The van der Waals surface area contributed by atoms with E-state index in [4.69, 9.17) is 0 Å². The highest BCUT2D eigenvalue weighted by molar-refractivity contribution is 5.96. The monoisotopic (exact) mass is 380 g/mol. The van der Waals surface area contributed by atoms with E-state index in [-0.39, 0.29) is 16.9 Å². The molecule has 0 aliphatic rings. The molecule has 0 unspecified atom stereocenters. The third-order valence-electron chi connectivity index (χ3n) is 4.81. The summed E-state index contributed by atoms with van der Waals surface area (Å²) in [6, 6.07) is 9.59. The predicted octanol–water partition coefficient (Wildman–Crippen LogP) is 1.99. The average Bonchev–Trinajstić information content (AvgIpc) is 2.71. The Morgan fingerprint density at radius 3 is 2.43 bits per heavy atom. The summed E-state index contributed by atoms with van der Waals surface area (Å²) in [5.74, 6) is -0.187. The zero-order chi connectivity index (χ0) is 20.4. The maximum atomic E-state index is 13.1. The topological polar surface area (TPSA) is 77.2 Å². The number of carbonyl (C=O) groups excluding carboxylic acids is 1. The highest BCUT2D eigenvalue weighted by atomic mass is 16.2. The lowest BCUT2D eigenvalue weighted by Gasteiger charge is -2.22. The fourth-order valence-corrected chi connectivity index (χ4v) is 3.20. The second kappa shape index (κ2) is 7.80. The van der Waals surface area contributed by atoms with Gasteiger partial charge in [0.2, 0.25) is 0 Å². The molecule has 146 valence electrons. The standard InChI is InChI=1S/C21H24N4O3/c1-5-10-25(13-15-8-6-14(2)7-9-15)19(26)16-11-17-18(22-12-16)23(3)21(28)24(4)20(17)27/h6-9,11-12H,5,10,13H2,1-4H3. The van der Waals surface area contributed by atoms with Gasteiger partial charge in [-0.3, -0.25) is 18.7 Å². The van der Waals surface area contributed by atoms with Crippen LogP contribution in [0.25, 0.3) is 11.0 Å². The summed E-state index contributed by atoms with van der Waals surface area (Å²) in [7, 11) is 2.97. The van der Waals surface area contributed by atoms with Crippen LogP contribution >= 0.6 is 0 Å². The van der Waals surface area contributed by atoms with E-state index < -0.39 is 11.2 Å². The van der Waals surface area contributed by atoms with Gasteiger partial charge in [0.05, 0.1) is 10.9 Å². The van der Waals surface area contributed by atoms with E-state index in [2.05, 4.69) is 4.98 Å². The van der Waals surface area contributed by atoms with Gasteiger partial charge in [0.25, 0.3) is 11.5 Å². The van der Waals surface area contributed by atoms with Crippen LogP contribution in [0.4, 0.5) is 0 Å². The van der Waals surface area contributed by atoms with Crippen LogP contribution in [0, 0.1) is 6.92 Å². The summed E-state index contributed by atoms with van der Waals surface area (Å²) in [6.07, 6.45) is 2.25. The maximum absolute atomic E-state index is 13.1. The zero-order valence-electron chi connectivity index (χ0n) is 16.6. The summed E-state index contributed by atoms with van der Waals surface area (Å²) in [5.41, 5.74) is 1.91. The van der Waals surface area contributed by atoms with Gasteiger partial charge in [-0.1, -0.05) is 36.8 Å². The Labute approximate surface area is 162 Å². The Morgan fingerprint density at radius 1 is 1.11 bits per heavy atom. The summed E-state index contributed by atoms with van der Waals surface area (Å²) in [4.78, 5) is 43.6. The number of amides is 1. The van der Waals surface area contributed by atoms with Gasteiger partial charge in [0.1, 0.15) is 5.65 Å². The molecule has 2 heterocycles. The molecule has 1 amide bonds. The van der Waals surface area contributed by atoms with Gasteiger partial charge in [-0.15, -0.1) is 0 Å². The van der Waals surface area contributed by atoms with Gasteiger partial charge in [0.15, 0.2) is 0 Å². The molecule has 3 aromatic rings. The Kier molecular flexibility index (Phi) is 5.44. The molecular formula is C21H24N4O3. The highest BCUT2D eigenvalue weighted by Gasteiger charge is 2.18. The molecule has 0 saturated heterocycles. The first-order valence-electron chi connectivity index (χ1n) is 9.24. The van der Waals surface area contributed by atoms with Crippen molar-refractivity contribution < 1.29 is 4.79 Å². The van der Waals surface area contributed by atoms with Crippen molar-refractivity contribution in [1.29, 1.82) is 0 Å². The lowest BCUT2D eigenvalue weighted by atomic mass is 10.1. The minimum atomic E-state index is -0.458. The second-order valence-electron chi connectivity index (χ2n) is 7.01. The van der Waals surface area contributed by atoms with Crippen LogP contribution in [0.2, 0.25) is 0 Å². The van der Waals surface area contributed by atoms with Crippen molar-refractivity contribution in [3.63, 3.8) is 0 Å². The van der Waals surface area contributed by atoms with Crippen LogP contribution in [0.15, 0.2) is 46.1 Å². The molecule has 0 aliphatic carbocycles. The van der Waals surface area contributed by atoms with Crippen molar-refractivity contribution >= 4 is 16.9 Å². The third-order valence-corrected chi connectivity index (χ3v) is 4.81. The molecule has 0 fully saturated rings. The van der Waals surface area contributed by atoms with E-state index in [0.717, 1.165) is 22.1 Å². The molecule has 7 nitrogen and oxygen atoms in total. The molecular weight excluding hydrogens is 356 g/mol. The first-order chi connectivity index (χ1) is 13.3. The zero-order valence-corrected chi connectivity index (χ0v) is 16.6. The molecule has 0 bridgehead atoms. The number of aryl methyl sites for hydroxylation is 2.